The molecule has 0 saturated heterocycles. The van der Waals surface area contributed by atoms with Crippen LogP contribution in [0.2, 0.25) is 0 Å². The van der Waals surface area contributed by atoms with Gasteiger partial charge in [0.1, 0.15) is 16.3 Å². The summed E-state index contributed by atoms with van der Waals surface area (Å²) >= 11 is 1.62. The molecule has 0 amide bonds. The molecular formula is C10H12N2OS. The van der Waals surface area contributed by atoms with Crippen molar-refractivity contribution in [1.29, 1.82) is 0 Å². The minimum atomic E-state index is 0.491. The maximum Gasteiger partial charge on any atom is 0.146 e. The molecule has 14 heavy (non-hydrogen) atoms. The summed E-state index contributed by atoms with van der Waals surface area (Å²) in [5, 5.41) is 0.951. The number of nitrogens with two attached hydrogens (primary N) is 1. The van der Waals surface area contributed by atoms with Crippen LogP contribution in [0.4, 0.5) is 0 Å². The third-order valence-electron chi connectivity index (χ3n) is 1.90. The number of ether oxygens (including phenoxy) is 1. The lowest BCUT2D eigenvalue weighted by Gasteiger charge is -2.01. The summed E-state index contributed by atoms with van der Waals surface area (Å²) in [5.41, 5.74) is 6.48. The smallest absolute Gasteiger partial charge is 0.146 e. The molecule has 0 unspecified atom stereocenters. The Hall–Kier alpha value is -1.13. The number of nitrogens with zero attached hydrogens (tertiary/aromatic N) is 1. The van der Waals surface area contributed by atoms with Gasteiger partial charge in [0.05, 0.1) is 11.3 Å². The van der Waals surface area contributed by atoms with Crippen molar-refractivity contribution >= 4 is 21.6 Å². The van der Waals surface area contributed by atoms with E-state index >= 15 is 0 Å². The predicted molar refractivity (Wildman–Crippen MR) is 58.7 cm³/mol. The zero-order chi connectivity index (χ0) is 9.97. The van der Waals surface area contributed by atoms with E-state index < -0.39 is 0 Å². The second-order valence-electron chi connectivity index (χ2n) is 2.85. The Morgan fingerprint density at radius 1 is 1.50 bits per heavy atom. The van der Waals surface area contributed by atoms with E-state index in [1.165, 1.54) is 0 Å². The van der Waals surface area contributed by atoms with Crippen molar-refractivity contribution < 1.29 is 4.74 Å². The zero-order valence-corrected chi connectivity index (χ0v) is 8.80. The van der Waals surface area contributed by atoms with Gasteiger partial charge in [-0.1, -0.05) is 6.07 Å². The standard InChI is InChI=1S/C10H12N2OS/c1-2-13-7-4-3-5-8-10(7)12-9(6-11)14-8/h3-5H,2,6,11H2,1H3. The van der Waals surface area contributed by atoms with Crippen LogP contribution in [0, 0.1) is 0 Å². The third-order valence-corrected chi connectivity index (χ3v) is 2.94. The summed E-state index contributed by atoms with van der Waals surface area (Å²) in [6.07, 6.45) is 0. The first-order valence-corrected chi connectivity index (χ1v) is 5.38. The SMILES string of the molecule is CCOc1cccc2sc(CN)nc12. The van der Waals surface area contributed by atoms with Crippen LogP contribution < -0.4 is 10.5 Å². The van der Waals surface area contributed by atoms with Crippen molar-refractivity contribution in [2.75, 3.05) is 6.61 Å². The van der Waals surface area contributed by atoms with E-state index in [0.717, 1.165) is 21.0 Å². The Labute approximate surface area is 86.5 Å². The Bertz CT molecular complexity index is 439. The topological polar surface area (TPSA) is 48.1 Å². The zero-order valence-electron chi connectivity index (χ0n) is 7.99. The molecule has 0 saturated carbocycles. The van der Waals surface area contributed by atoms with Gasteiger partial charge in [-0.3, -0.25) is 0 Å². The molecular weight excluding hydrogens is 196 g/mol. The Morgan fingerprint density at radius 3 is 3.07 bits per heavy atom. The van der Waals surface area contributed by atoms with Crippen molar-refractivity contribution in [3.05, 3.63) is 23.2 Å². The van der Waals surface area contributed by atoms with Gasteiger partial charge in [-0.25, -0.2) is 4.98 Å². The maximum atomic E-state index is 5.54. The highest BCUT2D eigenvalue weighted by Gasteiger charge is 2.06. The number of hydrogen-bond acceptors (Lipinski definition) is 4. The molecule has 0 radical (unpaired) electrons. The molecule has 4 heteroatoms. The van der Waals surface area contributed by atoms with Gasteiger partial charge in [0.25, 0.3) is 0 Å². The average molecular weight is 208 g/mol. The fourth-order valence-electron chi connectivity index (χ4n) is 1.33. The first-order valence-electron chi connectivity index (χ1n) is 4.56. The monoisotopic (exact) mass is 208 g/mol. The first-order chi connectivity index (χ1) is 6.85. The van der Waals surface area contributed by atoms with Crippen LogP contribution >= 0.6 is 11.3 Å². The van der Waals surface area contributed by atoms with Crippen LogP contribution in [-0.2, 0) is 6.54 Å². The second kappa shape index (κ2) is 3.94. The van der Waals surface area contributed by atoms with Crippen LogP contribution in [0.1, 0.15) is 11.9 Å². The highest BCUT2D eigenvalue weighted by atomic mass is 32.1. The van der Waals surface area contributed by atoms with Gasteiger partial charge in [0, 0.05) is 6.54 Å². The lowest BCUT2D eigenvalue weighted by molar-refractivity contribution is 0.343. The molecule has 1 heterocycles. The van der Waals surface area contributed by atoms with Gasteiger partial charge in [-0.05, 0) is 19.1 Å². The molecule has 2 rings (SSSR count). The van der Waals surface area contributed by atoms with Crippen molar-refractivity contribution in [3.8, 4) is 5.75 Å². The average Bonchev–Trinajstić information content (AvgIpc) is 2.62. The van der Waals surface area contributed by atoms with Crippen LogP contribution in [0.15, 0.2) is 18.2 Å². The molecule has 2 aromatic rings. The number of hydrogen-bond donors (Lipinski definition) is 1. The molecule has 0 aliphatic carbocycles. The normalized spacial score (nSPS) is 10.7. The van der Waals surface area contributed by atoms with Crippen LogP contribution in [0.25, 0.3) is 10.2 Å². The van der Waals surface area contributed by atoms with E-state index in [2.05, 4.69) is 4.98 Å². The Balaban J connectivity index is 2.55. The fraction of sp³-hybridized carbons (Fsp3) is 0.300. The molecule has 1 aromatic carbocycles. The highest BCUT2D eigenvalue weighted by molar-refractivity contribution is 7.18. The Morgan fingerprint density at radius 2 is 2.36 bits per heavy atom. The van der Waals surface area contributed by atoms with E-state index in [4.69, 9.17) is 10.5 Å². The number of para-hydroxylation sites is 1. The van der Waals surface area contributed by atoms with Gasteiger partial charge in [0.15, 0.2) is 0 Å². The van der Waals surface area contributed by atoms with E-state index in [0.29, 0.717) is 13.2 Å². The van der Waals surface area contributed by atoms with Gasteiger partial charge in [-0.2, -0.15) is 0 Å². The molecule has 1 aromatic heterocycles. The molecule has 0 aliphatic rings. The van der Waals surface area contributed by atoms with Crippen molar-refractivity contribution in [2.24, 2.45) is 5.73 Å². The summed E-state index contributed by atoms with van der Waals surface area (Å²) in [5.74, 6) is 0.848. The molecule has 3 nitrogen and oxygen atoms in total. The largest absolute Gasteiger partial charge is 0.492 e. The molecule has 0 atom stereocenters. The van der Waals surface area contributed by atoms with E-state index in [9.17, 15) is 0 Å². The number of benzene rings is 1. The summed E-state index contributed by atoms with van der Waals surface area (Å²) in [6.45, 7) is 3.12. The fourth-order valence-corrected chi connectivity index (χ4v) is 2.19. The first kappa shape index (κ1) is 9.43. The van der Waals surface area contributed by atoms with Crippen molar-refractivity contribution in [3.63, 3.8) is 0 Å². The minimum absolute atomic E-state index is 0.491. The summed E-state index contributed by atoms with van der Waals surface area (Å²) < 4.78 is 6.62. The molecule has 0 aliphatic heterocycles. The van der Waals surface area contributed by atoms with E-state index in [-0.39, 0.29) is 0 Å². The van der Waals surface area contributed by atoms with Gasteiger partial charge >= 0.3 is 0 Å². The predicted octanol–water partition coefficient (Wildman–Crippen LogP) is 2.15. The lowest BCUT2D eigenvalue weighted by atomic mass is 10.3. The molecule has 2 N–H and O–H groups in total. The molecule has 74 valence electrons. The minimum Gasteiger partial charge on any atom is -0.492 e. The van der Waals surface area contributed by atoms with Gasteiger partial charge in [-0.15, -0.1) is 11.3 Å². The van der Waals surface area contributed by atoms with Crippen molar-refractivity contribution in [1.82, 2.24) is 4.98 Å². The number of fused-ring (bicyclic) bond motifs is 1. The molecule has 0 spiro atoms. The maximum absolute atomic E-state index is 5.54. The van der Waals surface area contributed by atoms with E-state index in [1.807, 2.05) is 25.1 Å². The Kier molecular flexibility index (Phi) is 2.65. The summed E-state index contributed by atoms with van der Waals surface area (Å²) in [7, 11) is 0. The summed E-state index contributed by atoms with van der Waals surface area (Å²) in [6, 6.07) is 5.95. The number of thiazole rings is 1. The molecule has 0 fully saturated rings. The number of rotatable bonds is 3. The van der Waals surface area contributed by atoms with E-state index in [1.54, 1.807) is 11.3 Å². The summed E-state index contributed by atoms with van der Waals surface area (Å²) in [4.78, 5) is 4.42. The van der Waals surface area contributed by atoms with Crippen molar-refractivity contribution in [2.45, 2.75) is 13.5 Å². The van der Waals surface area contributed by atoms with Gasteiger partial charge in [0.2, 0.25) is 0 Å². The molecule has 0 bridgehead atoms. The van der Waals surface area contributed by atoms with Crippen LogP contribution in [0.5, 0.6) is 5.75 Å². The number of aromatic nitrogens is 1. The highest BCUT2D eigenvalue weighted by Crippen LogP contribution is 2.29. The van der Waals surface area contributed by atoms with Gasteiger partial charge < -0.3 is 10.5 Å². The van der Waals surface area contributed by atoms with Crippen LogP contribution in [0.3, 0.4) is 0 Å². The quantitative estimate of drug-likeness (QED) is 0.840. The van der Waals surface area contributed by atoms with Crippen LogP contribution in [-0.4, -0.2) is 11.6 Å². The lowest BCUT2D eigenvalue weighted by Crippen LogP contribution is -1.95. The second-order valence-corrected chi connectivity index (χ2v) is 3.96. The third kappa shape index (κ3) is 1.58.